The minimum atomic E-state index is -3.19. The van der Waals surface area contributed by atoms with Crippen LogP contribution in [0.3, 0.4) is 0 Å². The third-order valence-corrected chi connectivity index (χ3v) is 12.2. The van der Waals surface area contributed by atoms with Crippen molar-refractivity contribution in [2.75, 3.05) is 32.8 Å². The molecule has 0 spiro atoms. The third-order valence-electron chi connectivity index (χ3n) is 9.89. The van der Waals surface area contributed by atoms with Crippen LogP contribution in [0.5, 0.6) is 0 Å². The highest BCUT2D eigenvalue weighted by Gasteiger charge is 2.37. The molecule has 7 nitrogen and oxygen atoms in total. The van der Waals surface area contributed by atoms with Crippen LogP contribution in [0.2, 0.25) is 0 Å². The van der Waals surface area contributed by atoms with E-state index in [4.69, 9.17) is 9.72 Å². The molecule has 1 aliphatic carbocycles. The molecule has 1 saturated carbocycles. The SMILES string of the molecule is O=S(=O)(c1ccc(C(CC2CCOCC2)c2ccc(-c3ccc(CNC4CN5CCC4CC5)cn3)[nH]2)cc1)C1CC1. The zero-order valence-electron chi connectivity index (χ0n) is 23.8. The fourth-order valence-corrected chi connectivity index (χ4v) is 8.77. The van der Waals surface area contributed by atoms with Gasteiger partial charge in [0.25, 0.3) is 0 Å². The van der Waals surface area contributed by atoms with Crippen molar-refractivity contribution in [3.63, 3.8) is 0 Å². The summed E-state index contributed by atoms with van der Waals surface area (Å²) in [4.78, 5) is 11.5. The van der Waals surface area contributed by atoms with E-state index in [0.717, 1.165) is 80.4 Å². The van der Waals surface area contributed by atoms with Crippen LogP contribution in [0.4, 0.5) is 0 Å². The first-order valence-electron chi connectivity index (χ1n) is 15.5. The number of nitrogens with one attached hydrogen (secondary N) is 2. The van der Waals surface area contributed by atoms with E-state index in [9.17, 15) is 8.42 Å². The largest absolute Gasteiger partial charge is 0.381 e. The van der Waals surface area contributed by atoms with E-state index < -0.39 is 9.84 Å². The van der Waals surface area contributed by atoms with Gasteiger partial charge in [-0.05, 0) is 111 Å². The molecular weight excluding hydrogens is 532 g/mol. The second-order valence-electron chi connectivity index (χ2n) is 12.7. The quantitative estimate of drug-likeness (QED) is 0.349. The summed E-state index contributed by atoms with van der Waals surface area (Å²) in [6.07, 6.45) is 9.36. The molecule has 8 heteroatoms. The molecule has 8 rings (SSSR count). The molecule has 2 atom stereocenters. The predicted molar refractivity (Wildman–Crippen MR) is 160 cm³/mol. The molecule has 5 fully saturated rings. The van der Waals surface area contributed by atoms with E-state index >= 15 is 0 Å². The number of benzene rings is 1. The zero-order chi connectivity index (χ0) is 27.8. The fraction of sp³-hybridized carbons (Fsp3) is 0.545. The molecule has 1 aromatic carbocycles. The molecule has 4 aliphatic heterocycles. The predicted octanol–water partition coefficient (Wildman–Crippen LogP) is 5.15. The van der Waals surface area contributed by atoms with Gasteiger partial charge in [-0.1, -0.05) is 18.2 Å². The number of ether oxygens (including phenoxy) is 1. The molecule has 0 amide bonds. The molecule has 5 aliphatic rings. The number of fused-ring (bicyclic) bond motifs is 3. The number of hydrogen-bond donors (Lipinski definition) is 2. The molecule has 218 valence electrons. The van der Waals surface area contributed by atoms with Crippen LogP contribution in [-0.2, 0) is 21.1 Å². The fourth-order valence-electron chi connectivity index (χ4n) is 7.12. The Morgan fingerprint density at radius 2 is 1.73 bits per heavy atom. The Hall–Kier alpha value is -2.52. The minimum Gasteiger partial charge on any atom is -0.381 e. The Morgan fingerprint density at radius 3 is 2.39 bits per heavy atom. The van der Waals surface area contributed by atoms with Gasteiger partial charge in [-0.15, -0.1) is 0 Å². The standard InChI is InChI=1S/C33H42N4O3S/c38-41(39,28-6-7-28)27-4-2-25(3-5-27)29(19-23-13-17-40-18-14-23)30-9-10-32(36-30)31-8-1-24(20-34-31)21-35-33-22-37-15-11-26(33)12-16-37/h1-5,8-10,20,23,26,28-29,33,35-36H,6-7,11-19,21-22H2. The molecule has 2 bridgehead atoms. The van der Waals surface area contributed by atoms with Crippen molar-refractivity contribution in [3.05, 3.63) is 71.5 Å². The van der Waals surface area contributed by atoms with Crippen molar-refractivity contribution in [1.82, 2.24) is 20.2 Å². The van der Waals surface area contributed by atoms with Crippen molar-refractivity contribution in [3.8, 4) is 11.4 Å². The van der Waals surface area contributed by atoms with E-state index in [1.54, 1.807) is 0 Å². The Bertz CT molecular complexity index is 1420. The normalized spacial score (nSPS) is 25.8. The average Bonchev–Trinajstić information content (AvgIpc) is 3.79. The molecule has 0 radical (unpaired) electrons. The van der Waals surface area contributed by atoms with Gasteiger partial charge in [-0.3, -0.25) is 4.98 Å². The summed E-state index contributed by atoms with van der Waals surface area (Å²) >= 11 is 0. The summed E-state index contributed by atoms with van der Waals surface area (Å²) in [5, 5.41) is 3.60. The number of pyridine rings is 1. The number of piperidine rings is 3. The summed E-state index contributed by atoms with van der Waals surface area (Å²) < 4.78 is 31.2. The highest BCUT2D eigenvalue weighted by molar-refractivity contribution is 7.92. The first kappa shape index (κ1) is 27.3. The lowest BCUT2D eigenvalue weighted by molar-refractivity contribution is 0.0626. The maximum Gasteiger partial charge on any atom is 0.181 e. The van der Waals surface area contributed by atoms with Crippen molar-refractivity contribution in [2.24, 2.45) is 11.8 Å². The van der Waals surface area contributed by atoms with Crippen LogP contribution in [0.15, 0.2) is 59.6 Å². The van der Waals surface area contributed by atoms with Crippen LogP contribution in [0, 0.1) is 11.8 Å². The molecule has 2 unspecified atom stereocenters. The summed E-state index contributed by atoms with van der Waals surface area (Å²) in [5.41, 5.74) is 5.48. The second-order valence-corrected chi connectivity index (χ2v) is 14.9. The summed E-state index contributed by atoms with van der Waals surface area (Å²) in [5.74, 6) is 1.56. The third kappa shape index (κ3) is 6.03. The van der Waals surface area contributed by atoms with Crippen molar-refractivity contribution < 1.29 is 13.2 Å². The Morgan fingerprint density at radius 1 is 0.951 bits per heavy atom. The summed E-state index contributed by atoms with van der Waals surface area (Å²) in [6, 6.07) is 16.9. The Balaban J connectivity index is 1.06. The van der Waals surface area contributed by atoms with Crippen LogP contribution in [0.25, 0.3) is 11.4 Å². The lowest BCUT2D eigenvalue weighted by Gasteiger charge is -2.45. The van der Waals surface area contributed by atoms with Gasteiger partial charge in [-0.2, -0.15) is 0 Å². The Labute approximate surface area is 244 Å². The topological polar surface area (TPSA) is 87.3 Å². The van der Waals surface area contributed by atoms with E-state index in [0.29, 0.717) is 16.9 Å². The smallest absolute Gasteiger partial charge is 0.181 e. The molecule has 41 heavy (non-hydrogen) atoms. The number of sulfone groups is 1. The van der Waals surface area contributed by atoms with E-state index in [1.807, 2.05) is 30.5 Å². The molecule has 2 aromatic heterocycles. The van der Waals surface area contributed by atoms with Crippen molar-refractivity contribution >= 4 is 9.84 Å². The first-order chi connectivity index (χ1) is 20.0. The van der Waals surface area contributed by atoms with Gasteiger partial charge in [-0.25, -0.2) is 8.42 Å². The molecule has 6 heterocycles. The van der Waals surface area contributed by atoms with Gasteiger partial charge in [0.15, 0.2) is 9.84 Å². The van der Waals surface area contributed by atoms with Gasteiger partial charge in [0.05, 0.1) is 21.5 Å². The number of aromatic amines is 1. The second kappa shape index (κ2) is 11.6. The highest BCUT2D eigenvalue weighted by Crippen LogP contribution is 2.37. The number of nitrogens with zero attached hydrogens (tertiary/aromatic N) is 2. The Kier molecular flexibility index (Phi) is 7.75. The number of H-pyrrole nitrogens is 1. The van der Waals surface area contributed by atoms with E-state index in [1.165, 1.54) is 38.0 Å². The van der Waals surface area contributed by atoms with Crippen LogP contribution in [0.1, 0.15) is 67.7 Å². The van der Waals surface area contributed by atoms with E-state index in [-0.39, 0.29) is 11.2 Å². The van der Waals surface area contributed by atoms with Gasteiger partial charge in [0.2, 0.25) is 0 Å². The maximum atomic E-state index is 12.8. The lowest BCUT2D eigenvalue weighted by Crippen LogP contribution is -2.55. The van der Waals surface area contributed by atoms with Crippen LogP contribution in [-0.4, -0.2) is 67.4 Å². The van der Waals surface area contributed by atoms with Gasteiger partial charge in [0, 0.05) is 50.2 Å². The minimum absolute atomic E-state index is 0.162. The van der Waals surface area contributed by atoms with Gasteiger partial charge < -0.3 is 19.9 Å². The first-order valence-corrected chi connectivity index (χ1v) is 17.1. The number of aromatic nitrogens is 2. The maximum absolute atomic E-state index is 12.8. The molecule has 4 saturated heterocycles. The number of hydrogen-bond acceptors (Lipinski definition) is 6. The van der Waals surface area contributed by atoms with Crippen LogP contribution >= 0.6 is 0 Å². The van der Waals surface area contributed by atoms with Crippen LogP contribution < -0.4 is 5.32 Å². The van der Waals surface area contributed by atoms with E-state index in [2.05, 4.69) is 39.5 Å². The molecular formula is C33H42N4O3S. The zero-order valence-corrected chi connectivity index (χ0v) is 24.6. The summed E-state index contributed by atoms with van der Waals surface area (Å²) in [6.45, 7) is 6.20. The van der Waals surface area contributed by atoms with Crippen molar-refractivity contribution in [1.29, 1.82) is 0 Å². The number of rotatable bonds is 10. The highest BCUT2D eigenvalue weighted by atomic mass is 32.2. The average molecular weight is 575 g/mol. The van der Waals surface area contributed by atoms with Gasteiger partial charge in [0.1, 0.15) is 0 Å². The monoisotopic (exact) mass is 574 g/mol. The van der Waals surface area contributed by atoms with Crippen molar-refractivity contribution in [2.45, 2.75) is 73.6 Å². The summed E-state index contributed by atoms with van der Waals surface area (Å²) in [7, 11) is -3.19. The lowest BCUT2D eigenvalue weighted by atomic mass is 9.83. The molecule has 2 N–H and O–H groups in total. The molecule has 3 aromatic rings. The van der Waals surface area contributed by atoms with Gasteiger partial charge >= 0.3 is 0 Å².